The lowest BCUT2D eigenvalue weighted by Gasteiger charge is -2.00. The summed E-state index contributed by atoms with van der Waals surface area (Å²) in [7, 11) is 0. The van der Waals surface area contributed by atoms with Crippen molar-refractivity contribution < 1.29 is 5.11 Å². The minimum Gasteiger partial charge on any atom is -0.396 e. The fraction of sp³-hybridized carbons (Fsp3) is 0.375. The Morgan fingerprint density at radius 2 is 2.36 bits per heavy atom. The number of nitrogens with zero attached hydrogens (tertiary/aromatic N) is 1. The molecule has 0 unspecified atom stereocenters. The second-order valence-electron chi connectivity index (χ2n) is 2.42. The fourth-order valence-electron chi connectivity index (χ4n) is 0.882. The molecule has 0 spiro atoms. The first-order chi connectivity index (χ1) is 5.24. The van der Waals surface area contributed by atoms with Crippen LogP contribution in [-0.4, -0.2) is 16.7 Å². The molecule has 1 aromatic rings. The molecule has 11 heavy (non-hydrogen) atoms. The summed E-state index contributed by atoms with van der Waals surface area (Å²) in [5, 5.41) is 8.64. The molecule has 0 aliphatic carbocycles. The van der Waals surface area contributed by atoms with E-state index in [1.54, 1.807) is 6.20 Å². The first-order valence-electron chi connectivity index (χ1n) is 3.46. The van der Waals surface area contributed by atoms with Crippen molar-refractivity contribution in [3.63, 3.8) is 0 Å². The molecule has 0 radical (unpaired) electrons. The molecule has 0 saturated heterocycles. The van der Waals surface area contributed by atoms with Gasteiger partial charge in [0.25, 0.3) is 0 Å². The average Bonchev–Trinajstić information content (AvgIpc) is 1.98. The van der Waals surface area contributed by atoms with Crippen molar-refractivity contribution >= 4 is 15.9 Å². The van der Waals surface area contributed by atoms with Gasteiger partial charge in [0.05, 0.1) is 0 Å². The zero-order chi connectivity index (χ0) is 8.27. The van der Waals surface area contributed by atoms with Crippen LogP contribution in [0.3, 0.4) is 0 Å². The van der Waals surface area contributed by atoms with Crippen LogP contribution in [0.1, 0.15) is 11.1 Å². The van der Waals surface area contributed by atoms with Crippen LogP contribution in [0.5, 0.6) is 0 Å². The lowest BCUT2D eigenvalue weighted by atomic mass is 10.2. The van der Waals surface area contributed by atoms with Gasteiger partial charge >= 0.3 is 0 Å². The molecular formula is C8H10BrNO. The minimum absolute atomic E-state index is 0.183. The molecule has 2 nitrogen and oxygen atoms in total. The van der Waals surface area contributed by atoms with E-state index >= 15 is 0 Å². The first-order valence-corrected chi connectivity index (χ1v) is 4.25. The van der Waals surface area contributed by atoms with Gasteiger partial charge in [0.1, 0.15) is 4.60 Å². The maximum absolute atomic E-state index is 8.64. The zero-order valence-corrected chi connectivity index (χ0v) is 7.93. The molecule has 0 saturated carbocycles. The summed E-state index contributed by atoms with van der Waals surface area (Å²) in [6.07, 6.45) is 2.45. The Morgan fingerprint density at radius 3 is 2.91 bits per heavy atom. The highest BCUT2D eigenvalue weighted by Gasteiger charge is 1.97. The number of pyridine rings is 1. The van der Waals surface area contributed by atoms with Crippen molar-refractivity contribution in [2.75, 3.05) is 6.61 Å². The number of hydrogen-bond donors (Lipinski definition) is 1. The number of aliphatic hydroxyl groups is 1. The van der Waals surface area contributed by atoms with Gasteiger partial charge in [0, 0.05) is 12.8 Å². The normalized spacial score (nSPS) is 10.1. The fourth-order valence-corrected chi connectivity index (χ4v) is 1.10. The van der Waals surface area contributed by atoms with Crippen LogP contribution in [0.15, 0.2) is 16.9 Å². The van der Waals surface area contributed by atoms with Crippen molar-refractivity contribution in [1.29, 1.82) is 0 Å². The van der Waals surface area contributed by atoms with E-state index in [9.17, 15) is 0 Å². The summed E-state index contributed by atoms with van der Waals surface area (Å²) in [6, 6.07) is 2.02. The van der Waals surface area contributed by atoms with Gasteiger partial charge in [0.2, 0.25) is 0 Å². The molecule has 0 atom stereocenters. The highest BCUT2D eigenvalue weighted by atomic mass is 79.9. The summed E-state index contributed by atoms with van der Waals surface area (Å²) < 4.78 is 0.874. The maximum Gasteiger partial charge on any atom is 0.108 e. The van der Waals surface area contributed by atoms with Gasteiger partial charge in [-0.15, -0.1) is 0 Å². The number of rotatable bonds is 2. The Balaban J connectivity index is 2.86. The monoisotopic (exact) mass is 215 g/mol. The van der Waals surface area contributed by atoms with Crippen molar-refractivity contribution in [2.24, 2.45) is 0 Å². The number of halogens is 1. The first kappa shape index (κ1) is 8.68. The van der Waals surface area contributed by atoms with Crippen LogP contribution in [0.4, 0.5) is 0 Å². The molecule has 1 N–H and O–H groups in total. The van der Waals surface area contributed by atoms with Crippen LogP contribution < -0.4 is 0 Å². The molecule has 0 amide bonds. The van der Waals surface area contributed by atoms with Crippen LogP contribution in [0.2, 0.25) is 0 Å². The highest BCUT2D eigenvalue weighted by molar-refractivity contribution is 9.10. The summed E-state index contributed by atoms with van der Waals surface area (Å²) >= 11 is 3.31. The quantitative estimate of drug-likeness (QED) is 0.763. The Hall–Kier alpha value is -0.410. The standard InChI is InChI=1S/C8H10BrNO/c1-6-4-7(2-3-11)5-10-8(6)9/h4-5,11H,2-3H2,1H3. The minimum atomic E-state index is 0.183. The second-order valence-corrected chi connectivity index (χ2v) is 3.18. The summed E-state index contributed by atoms with van der Waals surface area (Å²) in [4.78, 5) is 4.10. The molecular weight excluding hydrogens is 206 g/mol. The third-order valence-corrected chi connectivity index (χ3v) is 2.30. The predicted octanol–water partition coefficient (Wildman–Crippen LogP) is 1.69. The van der Waals surface area contributed by atoms with Gasteiger partial charge in [0.15, 0.2) is 0 Å². The van der Waals surface area contributed by atoms with E-state index in [2.05, 4.69) is 20.9 Å². The topological polar surface area (TPSA) is 33.1 Å². The van der Waals surface area contributed by atoms with Gasteiger partial charge < -0.3 is 5.11 Å². The molecule has 60 valence electrons. The Labute approximate surface area is 74.4 Å². The lowest BCUT2D eigenvalue weighted by molar-refractivity contribution is 0.299. The van der Waals surface area contributed by atoms with Gasteiger partial charge in [-0.2, -0.15) is 0 Å². The molecule has 0 aromatic carbocycles. The van der Waals surface area contributed by atoms with E-state index in [0.29, 0.717) is 6.42 Å². The molecule has 0 aliphatic heterocycles. The third kappa shape index (κ3) is 2.27. The third-order valence-electron chi connectivity index (χ3n) is 1.47. The number of aliphatic hydroxyl groups excluding tert-OH is 1. The summed E-state index contributed by atoms with van der Waals surface area (Å²) in [5.74, 6) is 0. The van der Waals surface area contributed by atoms with E-state index in [0.717, 1.165) is 15.7 Å². The highest BCUT2D eigenvalue weighted by Crippen LogP contribution is 2.13. The maximum atomic E-state index is 8.64. The van der Waals surface area contributed by atoms with E-state index in [1.165, 1.54) is 0 Å². The Bertz CT molecular complexity index is 250. The molecule has 1 heterocycles. The van der Waals surface area contributed by atoms with Gasteiger partial charge in [-0.25, -0.2) is 4.98 Å². The second kappa shape index (κ2) is 3.83. The number of aryl methyl sites for hydroxylation is 1. The summed E-state index contributed by atoms with van der Waals surface area (Å²) in [6.45, 7) is 2.17. The molecule has 0 fully saturated rings. The van der Waals surface area contributed by atoms with Crippen LogP contribution in [-0.2, 0) is 6.42 Å². The van der Waals surface area contributed by atoms with E-state index < -0.39 is 0 Å². The molecule has 1 rings (SSSR count). The van der Waals surface area contributed by atoms with Gasteiger partial charge in [-0.05, 0) is 40.4 Å². The van der Waals surface area contributed by atoms with Crippen molar-refractivity contribution in [3.8, 4) is 0 Å². The van der Waals surface area contributed by atoms with E-state index in [4.69, 9.17) is 5.11 Å². The SMILES string of the molecule is Cc1cc(CCO)cnc1Br. The predicted molar refractivity (Wildman–Crippen MR) is 47.5 cm³/mol. The van der Waals surface area contributed by atoms with Crippen LogP contribution >= 0.6 is 15.9 Å². The number of aromatic nitrogens is 1. The van der Waals surface area contributed by atoms with Gasteiger partial charge in [-0.1, -0.05) is 6.07 Å². The smallest absolute Gasteiger partial charge is 0.108 e. The molecule has 0 bridgehead atoms. The van der Waals surface area contributed by atoms with Crippen molar-refractivity contribution in [2.45, 2.75) is 13.3 Å². The Kier molecular flexibility index (Phi) is 3.02. The Morgan fingerprint density at radius 1 is 1.64 bits per heavy atom. The zero-order valence-electron chi connectivity index (χ0n) is 6.34. The summed E-state index contributed by atoms with van der Waals surface area (Å²) in [5.41, 5.74) is 2.18. The van der Waals surface area contributed by atoms with Crippen molar-refractivity contribution in [3.05, 3.63) is 28.0 Å². The largest absolute Gasteiger partial charge is 0.396 e. The van der Waals surface area contributed by atoms with Crippen molar-refractivity contribution in [1.82, 2.24) is 4.98 Å². The lowest BCUT2D eigenvalue weighted by Crippen LogP contribution is -1.93. The van der Waals surface area contributed by atoms with Crippen LogP contribution in [0, 0.1) is 6.92 Å². The molecule has 3 heteroatoms. The van der Waals surface area contributed by atoms with E-state index in [-0.39, 0.29) is 6.61 Å². The molecule has 1 aromatic heterocycles. The number of hydrogen-bond acceptors (Lipinski definition) is 2. The molecule has 0 aliphatic rings. The van der Waals surface area contributed by atoms with Crippen LogP contribution in [0.25, 0.3) is 0 Å². The van der Waals surface area contributed by atoms with Gasteiger partial charge in [-0.3, -0.25) is 0 Å². The van der Waals surface area contributed by atoms with E-state index in [1.807, 2.05) is 13.0 Å². The average molecular weight is 216 g/mol.